The Kier molecular flexibility index (Phi) is 5.89. The quantitative estimate of drug-likeness (QED) is 0.774. The van der Waals surface area contributed by atoms with Crippen LogP contribution in [0.2, 0.25) is 0 Å². The van der Waals surface area contributed by atoms with Crippen molar-refractivity contribution in [2.24, 2.45) is 0 Å². The molecule has 0 aliphatic carbocycles. The van der Waals surface area contributed by atoms with Crippen LogP contribution in [0.1, 0.15) is 17.5 Å². The Bertz CT molecular complexity index is 865. The number of rotatable bonds is 5. The molecular weight excluding hydrogens is 423 g/mol. The van der Waals surface area contributed by atoms with Gasteiger partial charge in [-0.2, -0.15) is 13.2 Å². The molecule has 0 aliphatic heterocycles. The van der Waals surface area contributed by atoms with E-state index in [1.165, 1.54) is 30.3 Å². The number of carbonyl (C=O) groups is 1. The molecule has 0 saturated carbocycles. The Morgan fingerprint density at radius 2 is 1.64 bits per heavy atom. The molecule has 4 nitrogen and oxygen atoms in total. The van der Waals surface area contributed by atoms with E-state index in [0.717, 1.165) is 12.1 Å². The van der Waals surface area contributed by atoms with Crippen LogP contribution in [0.25, 0.3) is 0 Å². The van der Waals surface area contributed by atoms with Gasteiger partial charge in [0.1, 0.15) is 4.90 Å². The summed E-state index contributed by atoms with van der Waals surface area (Å²) in [5.74, 6) is -0.740. The first-order valence-electron chi connectivity index (χ1n) is 7.06. The number of halogens is 4. The first-order valence-corrected chi connectivity index (χ1v) is 9.33. The lowest BCUT2D eigenvalue weighted by molar-refractivity contribution is -0.137. The summed E-state index contributed by atoms with van der Waals surface area (Å²) in [7, 11) is -4.02. The van der Waals surface area contributed by atoms with Gasteiger partial charge in [-0.15, -0.1) is 0 Å². The zero-order valence-electron chi connectivity index (χ0n) is 12.7. The number of benzene rings is 2. The molecule has 0 unspecified atom stereocenters. The molecule has 1 N–H and O–H groups in total. The molecule has 2 rings (SSSR count). The molecule has 0 spiro atoms. The van der Waals surface area contributed by atoms with Crippen LogP contribution in [-0.4, -0.2) is 14.3 Å². The number of carbonyl (C=O) groups excluding carboxylic acids is 1. The van der Waals surface area contributed by atoms with E-state index in [2.05, 4.69) is 15.9 Å². The maximum Gasteiger partial charge on any atom is 0.416 e. The molecule has 0 aromatic heterocycles. The van der Waals surface area contributed by atoms with E-state index in [1.54, 1.807) is 6.07 Å². The summed E-state index contributed by atoms with van der Waals surface area (Å²) in [5.41, 5.74) is -0.279. The zero-order valence-corrected chi connectivity index (χ0v) is 15.1. The Balaban J connectivity index is 1.98. The second-order valence-corrected chi connectivity index (χ2v) is 7.66. The van der Waals surface area contributed by atoms with Gasteiger partial charge in [-0.05, 0) is 52.2 Å². The van der Waals surface area contributed by atoms with Crippen molar-refractivity contribution < 1.29 is 26.4 Å². The van der Waals surface area contributed by atoms with E-state index in [-0.39, 0.29) is 17.7 Å². The molecule has 0 aliphatic rings. The van der Waals surface area contributed by atoms with Crippen molar-refractivity contribution in [3.05, 3.63) is 64.1 Å². The van der Waals surface area contributed by atoms with Crippen LogP contribution >= 0.6 is 15.9 Å². The van der Waals surface area contributed by atoms with E-state index in [1.807, 2.05) is 4.72 Å². The third-order valence-electron chi connectivity index (χ3n) is 3.30. The van der Waals surface area contributed by atoms with Crippen LogP contribution in [0.3, 0.4) is 0 Å². The summed E-state index contributed by atoms with van der Waals surface area (Å²) in [6.07, 6.45) is -4.47. The third-order valence-corrected chi connectivity index (χ3v) is 5.68. The minimum Gasteiger partial charge on any atom is -0.274 e. The fourth-order valence-electron chi connectivity index (χ4n) is 2.04. The number of nitrogens with one attached hydrogen (secondary N) is 1. The van der Waals surface area contributed by atoms with Gasteiger partial charge in [-0.1, -0.05) is 24.3 Å². The molecule has 0 radical (unpaired) electrons. The fraction of sp³-hybridized carbons (Fsp3) is 0.188. The highest BCUT2D eigenvalue weighted by Gasteiger charge is 2.29. The molecule has 0 fully saturated rings. The molecule has 0 bridgehead atoms. The second-order valence-electron chi connectivity index (χ2n) is 5.15. The van der Waals surface area contributed by atoms with Gasteiger partial charge >= 0.3 is 6.18 Å². The van der Waals surface area contributed by atoms with Crippen LogP contribution < -0.4 is 4.72 Å². The average molecular weight is 436 g/mol. The average Bonchev–Trinajstić information content (AvgIpc) is 2.52. The lowest BCUT2D eigenvalue weighted by Crippen LogP contribution is -2.30. The van der Waals surface area contributed by atoms with Crippen molar-refractivity contribution in [3.8, 4) is 0 Å². The number of amides is 1. The lowest BCUT2D eigenvalue weighted by Gasteiger charge is -2.09. The van der Waals surface area contributed by atoms with Crippen molar-refractivity contribution in [2.45, 2.75) is 23.9 Å². The molecule has 0 saturated heterocycles. The molecule has 0 atom stereocenters. The molecule has 25 heavy (non-hydrogen) atoms. The first-order chi connectivity index (χ1) is 11.6. The number of alkyl halides is 3. The highest BCUT2D eigenvalue weighted by Crippen LogP contribution is 2.29. The molecule has 1 amide bonds. The summed E-state index contributed by atoms with van der Waals surface area (Å²) >= 11 is 3.10. The summed E-state index contributed by atoms with van der Waals surface area (Å²) < 4.78 is 64.0. The van der Waals surface area contributed by atoms with Crippen molar-refractivity contribution in [1.82, 2.24) is 4.72 Å². The monoisotopic (exact) mass is 435 g/mol. The van der Waals surface area contributed by atoms with Crippen LogP contribution in [0, 0.1) is 0 Å². The molecule has 2 aromatic rings. The minimum absolute atomic E-state index is 0.0714. The first kappa shape index (κ1) is 19.5. The maximum absolute atomic E-state index is 12.5. The SMILES string of the molecule is O=C(CCc1ccc(C(F)(F)F)cc1)NS(=O)(=O)c1ccccc1Br. The van der Waals surface area contributed by atoms with E-state index < -0.39 is 27.7 Å². The normalized spacial score (nSPS) is 12.0. The van der Waals surface area contributed by atoms with Crippen molar-refractivity contribution in [2.75, 3.05) is 0 Å². The van der Waals surface area contributed by atoms with Gasteiger partial charge in [0.2, 0.25) is 5.91 Å². The molecule has 9 heteroatoms. The smallest absolute Gasteiger partial charge is 0.274 e. The predicted octanol–water partition coefficient (Wildman–Crippen LogP) is 3.91. The lowest BCUT2D eigenvalue weighted by atomic mass is 10.1. The van der Waals surface area contributed by atoms with Crippen LogP contribution in [0.5, 0.6) is 0 Å². The highest BCUT2D eigenvalue weighted by molar-refractivity contribution is 9.10. The standard InChI is InChI=1S/C16H13BrF3NO3S/c17-13-3-1-2-4-14(13)25(23,24)21-15(22)10-7-11-5-8-12(9-6-11)16(18,19)20/h1-6,8-9H,7,10H2,(H,21,22). The molecular formula is C16H13BrF3NO3S. The predicted molar refractivity (Wildman–Crippen MR) is 89.2 cm³/mol. The van der Waals surface area contributed by atoms with Crippen LogP contribution in [0.15, 0.2) is 57.9 Å². The maximum atomic E-state index is 12.5. The molecule has 0 heterocycles. The van der Waals surface area contributed by atoms with Crippen molar-refractivity contribution in [3.63, 3.8) is 0 Å². The van der Waals surface area contributed by atoms with E-state index >= 15 is 0 Å². The van der Waals surface area contributed by atoms with Gasteiger partial charge in [-0.3, -0.25) is 4.79 Å². The fourth-order valence-corrected chi connectivity index (χ4v) is 4.06. The van der Waals surface area contributed by atoms with Gasteiger partial charge in [-0.25, -0.2) is 13.1 Å². The summed E-state index contributed by atoms with van der Waals surface area (Å²) in [6.45, 7) is 0. The molecule has 2 aromatic carbocycles. The van der Waals surface area contributed by atoms with Crippen molar-refractivity contribution >= 4 is 31.9 Å². The molecule has 134 valence electrons. The van der Waals surface area contributed by atoms with E-state index in [0.29, 0.717) is 10.0 Å². The zero-order chi connectivity index (χ0) is 18.7. The van der Waals surface area contributed by atoms with E-state index in [4.69, 9.17) is 0 Å². The topological polar surface area (TPSA) is 63.2 Å². The second kappa shape index (κ2) is 7.57. The van der Waals surface area contributed by atoms with Gasteiger partial charge in [0.25, 0.3) is 10.0 Å². The van der Waals surface area contributed by atoms with Gasteiger partial charge < -0.3 is 0 Å². The van der Waals surface area contributed by atoms with Gasteiger partial charge in [0.05, 0.1) is 5.56 Å². The number of sulfonamides is 1. The van der Waals surface area contributed by atoms with Crippen molar-refractivity contribution in [1.29, 1.82) is 0 Å². The highest BCUT2D eigenvalue weighted by atomic mass is 79.9. The van der Waals surface area contributed by atoms with Gasteiger partial charge in [0.15, 0.2) is 0 Å². The Morgan fingerprint density at radius 3 is 2.20 bits per heavy atom. The number of aryl methyl sites for hydroxylation is 1. The number of hydrogen-bond donors (Lipinski definition) is 1. The minimum atomic E-state index is -4.42. The summed E-state index contributed by atoms with van der Waals surface area (Å²) in [4.78, 5) is 11.8. The number of hydrogen-bond acceptors (Lipinski definition) is 3. The largest absolute Gasteiger partial charge is 0.416 e. The summed E-state index contributed by atoms with van der Waals surface area (Å²) in [6, 6.07) is 10.4. The third kappa shape index (κ3) is 5.30. The van der Waals surface area contributed by atoms with Gasteiger partial charge in [0, 0.05) is 10.9 Å². The Morgan fingerprint density at radius 1 is 1.04 bits per heavy atom. The Labute approximate surface area is 151 Å². The van der Waals surface area contributed by atoms with Crippen LogP contribution in [0.4, 0.5) is 13.2 Å². The Hall–Kier alpha value is -1.87. The van der Waals surface area contributed by atoms with E-state index in [9.17, 15) is 26.4 Å². The van der Waals surface area contributed by atoms with Crippen LogP contribution in [-0.2, 0) is 27.4 Å². The summed E-state index contributed by atoms with van der Waals surface area (Å²) in [5, 5.41) is 0.